The number of hydrogen-bond acceptors (Lipinski definition) is 4. The van der Waals surface area contributed by atoms with Crippen LogP contribution in [0.1, 0.15) is 38.3 Å². The molecule has 1 heterocycles. The number of anilines is 2. The third-order valence-electron chi connectivity index (χ3n) is 3.27. The normalized spacial score (nSPS) is 11.7. The maximum Gasteiger partial charge on any atom is 0.190 e. The van der Waals surface area contributed by atoms with Crippen molar-refractivity contribution in [1.29, 1.82) is 0 Å². The zero-order valence-electron chi connectivity index (χ0n) is 13.0. The Morgan fingerprint density at radius 1 is 1.24 bits per heavy atom. The van der Waals surface area contributed by atoms with E-state index in [0.717, 1.165) is 27.9 Å². The summed E-state index contributed by atoms with van der Waals surface area (Å²) < 4.78 is 13.1. The molecule has 1 aromatic carbocycles. The summed E-state index contributed by atoms with van der Waals surface area (Å²) in [5.41, 5.74) is 7.82. The summed E-state index contributed by atoms with van der Waals surface area (Å²) in [6, 6.07) is 6.50. The van der Waals surface area contributed by atoms with Crippen LogP contribution in [0.4, 0.5) is 15.2 Å². The van der Waals surface area contributed by atoms with Crippen LogP contribution in [0.25, 0.3) is 0 Å². The highest BCUT2D eigenvalue weighted by Gasteiger charge is 2.24. The molecule has 21 heavy (non-hydrogen) atoms. The number of hydrogen-bond donors (Lipinski definition) is 1. The smallest absolute Gasteiger partial charge is 0.190 e. The van der Waals surface area contributed by atoms with E-state index in [4.69, 9.17) is 10.7 Å². The molecule has 0 unspecified atom stereocenters. The summed E-state index contributed by atoms with van der Waals surface area (Å²) in [6.45, 7) is 9.74. The van der Waals surface area contributed by atoms with Gasteiger partial charge < -0.3 is 10.6 Å². The number of rotatable bonds is 4. The number of nitrogens with zero attached hydrogens (tertiary/aromatic N) is 2. The molecule has 1 aromatic heterocycles. The SMILES string of the molecule is CCN(c1ccc(F)cc1)c1nc(C(C)(C)C)c(CN)s1. The highest BCUT2D eigenvalue weighted by atomic mass is 32.1. The Morgan fingerprint density at radius 2 is 1.86 bits per heavy atom. The van der Waals surface area contributed by atoms with E-state index in [1.54, 1.807) is 23.5 Å². The average molecular weight is 307 g/mol. The minimum atomic E-state index is -0.230. The number of aromatic nitrogens is 1. The van der Waals surface area contributed by atoms with Crippen molar-refractivity contribution in [3.05, 3.63) is 40.7 Å². The minimum absolute atomic E-state index is 0.0361. The van der Waals surface area contributed by atoms with Gasteiger partial charge in [0.2, 0.25) is 0 Å². The molecule has 3 nitrogen and oxygen atoms in total. The predicted octanol–water partition coefficient (Wildman–Crippen LogP) is 4.20. The minimum Gasteiger partial charge on any atom is -0.326 e. The molecule has 5 heteroatoms. The van der Waals surface area contributed by atoms with Crippen LogP contribution in [0.15, 0.2) is 24.3 Å². The number of halogens is 1. The lowest BCUT2D eigenvalue weighted by Gasteiger charge is -2.20. The summed E-state index contributed by atoms with van der Waals surface area (Å²) in [4.78, 5) is 7.98. The third-order valence-corrected chi connectivity index (χ3v) is 4.37. The molecular formula is C16H22FN3S. The molecule has 0 bridgehead atoms. The van der Waals surface area contributed by atoms with Crippen LogP contribution >= 0.6 is 11.3 Å². The summed E-state index contributed by atoms with van der Waals surface area (Å²) in [5.74, 6) is -0.230. The van der Waals surface area contributed by atoms with Crippen molar-refractivity contribution in [1.82, 2.24) is 4.98 Å². The van der Waals surface area contributed by atoms with Crippen LogP contribution < -0.4 is 10.6 Å². The fraction of sp³-hybridized carbons (Fsp3) is 0.438. The lowest BCUT2D eigenvalue weighted by Crippen LogP contribution is -2.18. The van der Waals surface area contributed by atoms with Gasteiger partial charge in [-0.05, 0) is 31.2 Å². The van der Waals surface area contributed by atoms with Gasteiger partial charge in [-0.1, -0.05) is 32.1 Å². The highest BCUT2D eigenvalue weighted by molar-refractivity contribution is 7.15. The first kappa shape index (κ1) is 15.9. The Morgan fingerprint density at radius 3 is 2.29 bits per heavy atom. The molecule has 2 rings (SSSR count). The first-order valence-electron chi connectivity index (χ1n) is 7.10. The van der Waals surface area contributed by atoms with Crippen molar-refractivity contribution in [2.24, 2.45) is 5.73 Å². The van der Waals surface area contributed by atoms with Crippen molar-refractivity contribution in [3.63, 3.8) is 0 Å². The van der Waals surface area contributed by atoms with Gasteiger partial charge in [0.15, 0.2) is 5.13 Å². The van der Waals surface area contributed by atoms with Gasteiger partial charge in [-0.25, -0.2) is 9.37 Å². The largest absolute Gasteiger partial charge is 0.326 e. The van der Waals surface area contributed by atoms with Crippen molar-refractivity contribution in [2.75, 3.05) is 11.4 Å². The molecule has 0 amide bonds. The molecule has 0 fully saturated rings. The zero-order chi connectivity index (χ0) is 15.6. The van der Waals surface area contributed by atoms with Crippen LogP contribution in [-0.2, 0) is 12.0 Å². The molecule has 0 aliphatic heterocycles. The molecule has 2 aromatic rings. The van der Waals surface area contributed by atoms with Gasteiger partial charge >= 0.3 is 0 Å². The van der Waals surface area contributed by atoms with Gasteiger partial charge in [0.05, 0.1) is 5.69 Å². The van der Waals surface area contributed by atoms with Gasteiger partial charge in [0, 0.05) is 29.1 Å². The van der Waals surface area contributed by atoms with Crippen LogP contribution in [0, 0.1) is 5.82 Å². The topological polar surface area (TPSA) is 42.2 Å². The molecule has 0 aliphatic carbocycles. The maximum absolute atomic E-state index is 13.1. The average Bonchev–Trinajstić information content (AvgIpc) is 2.86. The summed E-state index contributed by atoms with van der Waals surface area (Å²) in [6.07, 6.45) is 0. The molecule has 0 aliphatic rings. The van der Waals surface area contributed by atoms with Crippen molar-refractivity contribution in [3.8, 4) is 0 Å². The zero-order valence-corrected chi connectivity index (χ0v) is 13.8. The van der Waals surface area contributed by atoms with E-state index < -0.39 is 0 Å². The quantitative estimate of drug-likeness (QED) is 0.920. The first-order valence-corrected chi connectivity index (χ1v) is 7.91. The van der Waals surface area contributed by atoms with Gasteiger partial charge in [0.1, 0.15) is 5.82 Å². The Hall–Kier alpha value is -1.46. The molecule has 114 valence electrons. The molecule has 0 radical (unpaired) electrons. The standard InChI is InChI=1S/C16H22FN3S/c1-5-20(12-8-6-11(17)7-9-12)15-19-14(16(2,3)4)13(10-18)21-15/h6-9H,5,10,18H2,1-4H3. The maximum atomic E-state index is 13.1. The van der Waals surface area contributed by atoms with Crippen LogP contribution in [-0.4, -0.2) is 11.5 Å². The number of nitrogens with two attached hydrogens (primary N) is 1. The third kappa shape index (κ3) is 3.41. The molecule has 0 saturated heterocycles. The number of benzene rings is 1. The first-order chi connectivity index (χ1) is 9.86. The van der Waals surface area contributed by atoms with E-state index in [1.165, 1.54) is 12.1 Å². The fourth-order valence-electron chi connectivity index (χ4n) is 2.23. The van der Waals surface area contributed by atoms with Crippen LogP contribution in [0.5, 0.6) is 0 Å². The highest BCUT2D eigenvalue weighted by Crippen LogP contribution is 2.36. The Bertz CT molecular complexity index is 599. The van der Waals surface area contributed by atoms with E-state index in [9.17, 15) is 4.39 Å². The molecule has 2 N–H and O–H groups in total. The van der Waals surface area contributed by atoms with E-state index in [2.05, 4.69) is 32.6 Å². The number of thiazole rings is 1. The van der Waals surface area contributed by atoms with Crippen LogP contribution in [0.3, 0.4) is 0 Å². The molecule has 0 saturated carbocycles. The molecule has 0 atom stereocenters. The van der Waals surface area contributed by atoms with Gasteiger partial charge in [-0.15, -0.1) is 0 Å². The lowest BCUT2D eigenvalue weighted by molar-refractivity contribution is 0.566. The Balaban J connectivity index is 2.43. The summed E-state index contributed by atoms with van der Waals surface area (Å²) in [7, 11) is 0. The Labute approximate surface area is 129 Å². The van der Waals surface area contributed by atoms with Crippen molar-refractivity contribution in [2.45, 2.75) is 39.7 Å². The van der Waals surface area contributed by atoms with E-state index in [0.29, 0.717) is 6.54 Å². The summed E-state index contributed by atoms with van der Waals surface area (Å²) >= 11 is 1.61. The van der Waals surface area contributed by atoms with Crippen molar-refractivity contribution >= 4 is 22.2 Å². The van der Waals surface area contributed by atoms with E-state index in [-0.39, 0.29) is 11.2 Å². The fourth-order valence-corrected chi connectivity index (χ4v) is 3.46. The van der Waals surface area contributed by atoms with Gasteiger partial charge in [-0.3, -0.25) is 0 Å². The van der Waals surface area contributed by atoms with Crippen LogP contribution in [0.2, 0.25) is 0 Å². The second-order valence-corrected chi connectivity index (χ2v) is 7.01. The molecule has 0 spiro atoms. The van der Waals surface area contributed by atoms with Gasteiger partial charge in [-0.2, -0.15) is 0 Å². The monoisotopic (exact) mass is 307 g/mol. The summed E-state index contributed by atoms with van der Waals surface area (Å²) in [5, 5.41) is 0.912. The second-order valence-electron chi connectivity index (χ2n) is 5.94. The lowest BCUT2D eigenvalue weighted by atomic mass is 9.91. The van der Waals surface area contributed by atoms with Gasteiger partial charge in [0.25, 0.3) is 0 Å². The second kappa shape index (κ2) is 6.12. The van der Waals surface area contributed by atoms with Crippen molar-refractivity contribution < 1.29 is 4.39 Å². The van der Waals surface area contributed by atoms with E-state index in [1.807, 2.05) is 0 Å². The van der Waals surface area contributed by atoms with E-state index >= 15 is 0 Å². The molecular weight excluding hydrogens is 285 g/mol. The Kier molecular flexibility index (Phi) is 4.64. The predicted molar refractivity (Wildman–Crippen MR) is 87.8 cm³/mol.